The molecule has 0 spiro atoms. The molecular weight excluding hydrogens is 413 g/mol. The summed E-state index contributed by atoms with van der Waals surface area (Å²) >= 11 is 3.00. The van der Waals surface area contributed by atoms with Gasteiger partial charge in [-0.2, -0.15) is 0 Å². The first-order chi connectivity index (χ1) is 13.8. The molecule has 2 aromatic rings. The van der Waals surface area contributed by atoms with E-state index in [9.17, 15) is 0 Å². The van der Waals surface area contributed by atoms with Crippen molar-refractivity contribution < 1.29 is 34.5 Å². The molecular formula is C21H20CrNO4P. The topological polar surface area (TPSA) is 91.6 Å². The van der Waals surface area contributed by atoms with Crippen LogP contribution in [0.5, 0.6) is 0 Å². The third-order valence-electron chi connectivity index (χ3n) is 3.07. The van der Waals surface area contributed by atoms with Crippen LogP contribution in [0.25, 0.3) is 0 Å². The molecule has 0 aliphatic carbocycles. The normalized spacial score (nSPS) is 7.93. The summed E-state index contributed by atoms with van der Waals surface area (Å²) in [7, 11) is -0.241. The molecule has 5 nitrogen and oxygen atoms in total. The van der Waals surface area contributed by atoms with Crippen LogP contribution in [0.15, 0.2) is 60.7 Å². The van der Waals surface area contributed by atoms with Crippen LogP contribution in [0, 0.1) is 26.6 Å². The van der Waals surface area contributed by atoms with Gasteiger partial charge in [0, 0.05) is 0 Å². The van der Waals surface area contributed by atoms with Crippen molar-refractivity contribution in [3.8, 4) is 0 Å². The van der Waals surface area contributed by atoms with E-state index in [0.29, 0.717) is 0 Å². The van der Waals surface area contributed by atoms with Gasteiger partial charge in [0.15, 0.2) is 0 Å². The predicted molar refractivity (Wildman–Crippen MR) is 103 cm³/mol. The van der Waals surface area contributed by atoms with Crippen molar-refractivity contribution in [2.24, 2.45) is 0 Å². The van der Waals surface area contributed by atoms with Gasteiger partial charge in [0.2, 0.25) is 0 Å². The molecule has 2 rings (SSSR count). The fourth-order valence-electron chi connectivity index (χ4n) is 2.12. The number of benzene rings is 2. The van der Waals surface area contributed by atoms with Crippen molar-refractivity contribution in [1.29, 1.82) is 0 Å². The predicted octanol–water partition coefficient (Wildman–Crippen LogP) is 2.65. The molecule has 28 heavy (non-hydrogen) atoms. The van der Waals surface area contributed by atoms with E-state index in [1.807, 2.05) is 0 Å². The van der Waals surface area contributed by atoms with Gasteiger partial charge in [-0.05, 0) is 0 Å². The zero-order valence-corrected chi connectivity index (χ0v) is 17.6. The summed E-state index contributed by atoms with van der Waals surface area (Å²) in [6.07, 6.45) is 2.41. The molecule has 0 radical (unpaired) electrons. The summed E-state index contributed by atoms with van der Waals surface area (Å²) in [6.45, 7) is 21.1. The Bertz CT molecular complexity index is 636. The quantitative estimate of drug-likeness (QED) is 0.309. The van der Waals surface area contributed by atoms with Crippen molar-refractivity contribution in [2.45, 2.75) is 13.3 Å². The SMILES string of the molecule is C[C](=[Cr])NCCCP(c1ccccc1)c1ccccc1.[C-]#[O+].[C-]#[O+].[C-]#[O+].[C-]#[O+]. The van der Waals surface area contributed by atoms with Gasteiger partial charge in [-0.15, -0.1) is 0 Å². The molecule has 0 saturated carbocycles. The molecule has 0 aliphatic rings. The fourth-order valence-corrected chi connectivity index (χ4v) is 4.64. The van der Waals surface area contributed by atoms with Gasteiger partial charge in [-0.3, -0.25) is 0 Å². The number of hydrogen-bond donors (Lipinski definition) is 1. The first-order valence-electron chi connectivity index (χ1n) is 7.71. The molecule has 7 heteroatoms. The van der Waals surface area contributed by atoms with Gasteiger partial charge in [0.05, 0.1) is 0 Å². The van der Waals surface area contributed by atoms with Crippen LogP contribution in [0.3, 0.4) is 0 Å². The summed E-state index contributed by atoms with van der Waals surface area (Å²) < 4.78 is 31.2. The van der Waals surface area contributed by atoms with E-state index in [4.69, 9.17) is 18.6 Å². The van der Waals surface area contributed by atoms with E-state index in [0.717, 1.165) is 6.54 Å². The second kappa shape index (κ2) is 25.2. The molecule has 0 saturated heterocycles. The van der Waals surface area contributed by atoms with Crippen molar-refractivity contribution in [3.63, 3.8) is 0 Å². The van der Waals surface area contributed by atoms with Gasteiger partial charge in [0.1, 0.15) is 0 Å². The van der Waals surface area contributed by atoms with E-state index in [2.05, 4.69) is 115 Å². The van der Waals surface area contributed by atoms with Crippen molar-refractivity contribution in [2.75, 3.05) is 12.7 Å². The van der Waals surface area contributed by atoms with Gasteiger partial charge in [0.25, 0.3) is 0 Å². The Hall–Kier alpha value is -1.81. The third-order valence-corrected chi connectivity index (χ3v) is 5.90. The molecule has 0 aliphatic heterocycles. The maximum absolute atomic E-state index is 7.50. The Labute approximate surface area is 176 Å². The molecule has 1 N–H and O–H groups in total. The summed E-state index contributed by atoms with van der Waals surface area (Å²) in [6, 6.07) is 21.8. The van der Waals surface area contributed by atoms with Crippen molar-refractivity contribution >= 4 is 23.0 Å². The molecule has 144 valence electrons. The monoisotopic (exact) mass is 433 g/mol. The summed E-state index contributed by atoms with van der Waals surface area (Å²) in [5, 5.41) is 6.31. The zero-order chi connectivity index (χ0) is 22.2. The van der Waals surface area contributed by atoms with Crippen molar-refractivity contribution in [1.82, 2.24) is 5.32 Å². The van der Waals surface area contributed by atoms with E-state index in [1.54, 1.807) is 0 Å². The van der Waals surface area contributed by atoms with Crippen LogP contribution >= 0.6 is 7.92 Å². The Morgan fingerprint density at radius 1 is 0.786 bits per heavy atom. The number of hydrogen-bond acceptors (Lipinski definition) is 1. The first kappa shape index (κ1) is 30.9. The minimum absolute atomic E-state index is 0.241. The average Bonchev–Trinajstić information content (AvgIpc) is 2.80. The van der Waals surface area contributed by atoms with Gasteiger partial charge >= 0.3 is 176 Å². The molecule has 2 aromatic carbocycles. The van der Waals surface area contributed by atoms with Crippen LogP contribution in [-0.2, 0) is 34.5 Å². The Morgan fingerprint density at radius 2 is 1.14 bits per heavy atom. The summed E-state index contributed by atoms with van der Waals surface area (Å²) in [5.74, 6) is 0. The molecule has 0 fully saturated rings. The van der Waals surface area contributed by atoms with Crippen molar-refractivity contribution in [3.05, 3.63) is 87.3 Å². The standard InChI is InChI=1S/C17H20NP.4CO.Cr/c1-2-18-14-9-15-19(16-10-5-3-6-11-16)17-12-7-4-8-13-17;4*1-2;/h3-8,10-13,18H,9,14-15H2,1H3;;;;;. The Morgan fingerprint density at radius 3 is 1.46 bits per heavy atom. The minimum atomic E-state index is -0.241. The molecule has 0 bridgehead atoms. The third kappa shape index (κ3) is 15.3. The molecule has 0 heterocycles. The van der Waals surface area contributed by atoms with Crippen LogP contribution in [0.1, 0.15) is 13.3 Å². The molecule has 0 unspecified atom stereocenters. The van der Waals surface area contributed by atoms with Crippen LogP contribution in [0.2, 0.25) is 0 Å². The summed E-state index contributed by atoms with van der Waals surface area (Å²) in [4.78, 5) is 0. The zero-order valence-electron chi connectivity index (χ0n) is 15.4. The van der Waals surface area contributed by atoms with Gasteiger partial charge < -0.3 is 0 Å². The summed E-state index contributed by atoms with van der Waals surface area (Å²) in [5.41, 5.74) is 0. The molecule has 0 aromatic heterocycles. The van der Waals surface area contributed by atoms with Crippen LogP contribution in [0.4, 0.5) is 0 Å². The van der Waals surface area contributed by atoms with E-state index >= 15 is 0 Å². The second-order valence-corrected chi connectivity index (χ2v) is 7.95. The van der Waals surface area contributed by atoms with E-state index in [-0.39, 0.29) is 7.92 Å². The Balaban J connectivity index is -0.000000695. The van der Waals surface area contributed by atoms with Crippen LogP contribution < -0.4 is 15.9 Å². The van der Waals surface area contributed by atoms with E-state index < -0.39 is 0 Å². The molecule has 0 atom stereocenters. The van der Waals surface area contributed by atoms with E-state index in [1.165, 1.54) is 27.7 Å². The second-order valence-electron chi connectivity index (χ2n) is 4.66. The molecule has 0 amide bonds. The van der Waals surface area contributed by atoms with Gasteiger partial charge in [-0.1, -0.05) is 0 Å². The first-order valence-corrected chi connectivity index (χ1v) is 9.87. The van der Waals surface area contributed by atoms with Gasteiger partial charge in [-0.25, -0.2) is 0 Å². The number of nitrogens with one attached hydrogen (secondary N) is 1. The number of rotatable bonds is 7. The van der Waals surface area contributed by atoms with Crippen LogP contribution in [-0.4, -0.2) is 17.2 Å². The maximum atomic E-state index is 7.50. The average molecular weight is 433 g/mol. The Kier molecular flexibility index (Phi) is 27.8. The fraction of sp³-hybridized carbons (Fsp3) is 0.190.